The summed E-state index contributed by atoms with van der Waals surface area (Å²) >= 11 is 5.01. The van der Waals surface area contributed by atoms with E-state index in [1.165, 1.54) is 0 Å². The van der Waals surface area contributed by atoms with Gasteiger partial charge in [0.25, 0.3) is 0 Å². The summed E-state index contributed by atoms with van der Waals surface area (Å²) in [6.07, 6.45) is 3.25. The van der Waals surface area contributed by atoms with Crippen LogP contribution in [0.2, 0.25) is 0 Å². The maximum atomic E-state index is 11.7. The third-order valence-electron chi connectivity index (χ3n) is 2.53. The fourth-order valence-corrected chi connectivity index (χ4v) is 2.13. The van der Waals surface area contributed by atoms with Crippen molar-refractivity contribution in [1.29, 1.82) is 0 Å². The van der Waals surface area contributed by atoms with Crippen LogP contribution in [0.1, 0.15) is 41.5 Å². The van der Waals surface area contributed by atoms with Crippen LogP contribution in [0, 0.1) is 4.77 Å². The number of aromatic amines is 1. The first kappa shape index (κ1) is 9.52. The molecule has 0 bridgehead atoms. The van der Waals surface area contributed by atoms with Gasteiger partial charge in [-0.3, -0.25) is 4.79 Å². The number of rotatable bonds is 1. The number of fused-ring (bicyclic) bond motifs is 1. The maximum Gasteiger partial charge on any atom is 0.197 e. The van der Waals surface area contributed by atoms with Crippen molar-refractivity contribution in [2.75, 3.05) is 0 Å². The van der Waals surface area contributed by atoms with E-state index in [2.05, 4.69) is 9.97 Å². The Morgan fingerprint density at radius 2 is 2.29 bits per heavy atom. The van der Waals surface area contributed by atoms with Crippen LogP contribution in [-0.2, 0) is 12.8 Å². The minimum Gasteiger partial charge on any atom is -0.334 e. The van der Waals surface area contributed by atoms with Gasteiger partial charge in [0.2, 0.25) is 0 Å². The topological polar surface area (TPSA) is 45.8 Å². The number of Topliss-reactive ketones (excluding diaryl/α,β-unsaturated/α-hetero) is 1. The number of carbonyl (C=O) groups excluding carboxylic acids is 1. The summed E-state index contributed by atoms with van der Waals surface area (Å²) in [5, 5.41) is 0. The lowest BCUT2D eigenvalue weighted by Crippen LogP contribution is -2.17. The Hall–Kier alpha value is -1.03. The highest BCUT2D eigenvalue weighted by Crippen LogP contribution is 2.21. The average Bonchev–Trinajstić information content (AvgIpc) is 2.16. The maximum absolute atomic E-state index is 11.7. The van der Waals surface area contributed by atoms with Gasteiger partial charge in [-0.05, 0) is 31.5 Å². The molecule has 1 aliphatic carbocycles. The van der Waals surface area contributed by atoms with E-state index < -0.39 is 0 Å². The zero-order chi connectivity index (χ0) is 10.1. The number of ketones is 1. The fourth-order valence-electron chi connectivity index (χ4n) is 1.90. The molecule has 74 valence electrons. The summed E-state index contributed by atoms with van der Waals surface area (Å²) in [4.78, 5) is 18.9. The summed E-state index contributed by atoms with van der Waals surface area (Å²) in [6.45, 7) is 2.00. The fraction of sp³-hybridized carbons (Fsp3) is 0.500. The van der Waals surface area contributed by atoms with Crippen molar-refractivity contribution in [3.63, 3.8) is 0 Å². The van der Waals surface area contributed by atoms with Crippen molar-refractivity contribution >= 4 is 18.0 Å². The molecule has 0 amide bonds. The highest BCUT2D eigenvalue weighted by atomic mass is 32.1. The first-order chi connectivity index (χ1) is 6.72. The third kappa shape index (κ3) is 1.50. The molecule has 1 aliphatic rings. The zero-order valence-corrected chi connectivity index (χ0v) is 8.91. The molecule has 0 unspecified atom stereocenters. The van der Waals surface area contributed by atoms with Crippen LogP contribution >= 0.6 is 12.2 Å². The van der Waals surface area contributed by atoms with E-state index in [9.17, 15) is 4.79 Å². The largest absolute Gasteiger partial charge is 0.334 e. The Kier molecular flexibility index (Phi) is 2.46. The van der Waals surface area contributed by atoms with Crippen LogP contribution in [0.15, 0.2) is 0 Å². The van der Waals surface area contributed by atoms with Gasteiger partial charge in [0.05, 0.1) is 11.3 Å². The van der Waals surface area contributed by atoms with Crippen molar-refractivity contribution in [2.24, 2.45) is 0 Å². The van der Waals surface area contributed by atoms with Crippen molar-refractivity contribution in [3.8, 4) is 0 Å². The summed E-state index contributed by atoms with van der Waals surface area (Å²) < 4.78 is 0.496. The van der Waals surface area contributed by atoms with E-state index >= 15 is 0 Å². The predicted molar refractivity (Wildman–Crippen MR) is 56.1 cm³/mol. The lowest BCUT2D eigenvalue weighted by Gasteiger charge is -2.16. The molecular weight excluding hydrogens is 196 g/mol. The number of aromatic nitrogens is 2. The summed E-state index contributed by atoms with van der Waals surface area (Å²) in [5.41, 5.74) is 2.64. The molecule has 0 atom stereocenters. The minimum atomic E-state index is 0.210. The van der Waals surface area contributed by atoms with Gasteiger partial charge in [0.15, 0.2) is 10.6 Å². The number of aryl methyl sites for hydroxylation is 2. The van der Waals surface area contributed by atoms with E-state index in [0.29, 0.717) is 11.2 Å². The molecule has 2 rings (SSSR count). The summed E-state index contributed by atoms with van der Waals surface area (Å²) in [5.74, 6) is 0.210. The lowest BCUT2D eigenvalue weighted by molar-refractivity contribution is 0.0970. The van der Waals surface area contributed by atoms with E-state index in [4.69, 9.17) is 12.2 Å². The second kappa shape index (κ2) is 3.61. The van der Waals surface area contributed by atoms with Gasteiger partial charge in [0, 0.05) is 12.1 Å². The molecule has 1 aromatic rings. The molecule has 4 heteroatoms. The first-order valence-electron chi connectivity index (χ1n) is 4.87. The molecule has 14 heavy (non-hydrogen) atoms. The zero-order valence-electron chi connectivity index (χ0n) is 8.09. The second-order valence-electron chi connectivity index (χ2n) is 3.47. The van der Waals surface area contributed by atoms with Gasteiger partial charge >= 0.3 is 0 Å². The SMILES string of the molecule is CCc1nc(=S)[nH]c2c1C(=O)CCC2. The van der Waals surface area contributed by atoms with Gasteiger partial charge in [-0.1, -0.05) is 6.92 Å². The second-order valence-corrected chi connectivity index (χ2v) is 3.86. The Balaban J connectivity index is 2.67. The van der Waals surface area contributed by atoms with Crippen molar-refractivity contribution in [3.05, 3.63) is 21.7 Å². The molecule has 0 aliphatic heterocycles. The average molecular weight is 208 g/mol. The number of hydrogen-bond donors (Lipinski definition) is 1. The van der Waals surface area contributed by atoms with Gasteiger partial charge in [-0.25, -0.2) is 4.98 Å². The quantitative estimate of drug-likeness (QED) is 0.720. The van der Waals surface area contributed by atoms with Gasteiger partial charge in [-0.15, -0.1) is 0 Å². The normalized spacial score (nSPS) is 15.4. The molecule has 1 N–H and O–H groups in total. The number of nitrogens with one attached hydrogen (secondary N) is 1. The van der Waals surface area contributed by atoms with Crippen LogP contribution in [0.3, 0.4) is 0 Å². The van der Waals surface area contributed by atoms with Gasteiger partial charge in [-0.2, -0.15) is 0 Å². The lowest BCUT2D eigenvalue weighted by atomic mass is 9.93. The monoisotopic (exact) mass is 208 g/mol. The molecule has 0 saturated heterocycles. The summed E-state index contributed by atoms with van der Waals surface area (Å²) in [6, 6.07) is 0. The van der Waals surface area contributed by atoms with E-state index in [-0.39, 0.29) is 5.78 Å². The smallest absolute Gasteiger partial charge is 0.197 e. The summed E-state index contributed by atoms with van der Waals surface area (Å²) in [7, 11) is 0. The minimum absolute atomic E-state index is 0.210. The molecule has 0 spiro atoms. The number of carbonyl (C=O) groups is 1. The number of hydrogen-bond acceptors (Lipinski definition) is 3. The molecule has 0 saturated carbocycles. The highest BCUT2D eigenvalue weighted by molar-refractivity contribution is 7.71. The van der Waals surface area contributed by atoms with Crippen molar-refractivity contribution in [1.82, 2.24) is 9.97 Å². The molecular formula is C10H12N2OS. The Morgan fingerprint density at radius 3 is 3.00 bits per heavy atom. The molecule has 1 aromatic heterocycles. The standard InChI is InChI=1S/C10H12N2OS/c1-2-6-9-7(12-10(14)11-6)4-3-5-8(9)13/h2-5H2,1H3,(H,11,12,14). The van der Waals surface area contributed by atoms with Crippen LogP contribution in [0.25, 0.3) is 0 Å². The van der Waals surface area contributed by atoms with Crippen LogP contribution in [0.4, 0.5) is 0 Å². The Bertz CT molecular complexity index is 416. The highest BCUT2D eigenvalue weighted by Gasteiger charge is 2.21. The molecule has 0 fully saturated rings. The predicted octanol–water partition coefficient (Wildman–Crippen LogP) is 2.22. The van der Waals surface area contributed by atoms with Crippen LogP contribution < -0.4 is 0 Å². The van der Waals surface area contributed by atoms with Crippen LogP contribution in [0.5, 0.6) is 0 Å². The van der Waals surface area contributed by atoms with E-state index in [1.807, 2.05) is 6.92 Å². The van der Waals surface area contributed by atoms with Crippen molar-refractivity contribution in [2.45, 2.75) is 32.6 Å². The Labute approximate surface area is 87.6 Å². The first-order valence-corrected chi connectivity index (χ1v) is 5.28. The van der Waals surface area contributed by atoms with E-state index in [0.717, 1.165) is 36.2 Å². The van der Waals surface area contributed by atoms with Crippen LogP contribution in [-0.4, -0.2) is 15.8 Å². The third-order valence-corrected chi connectivity index (χ3v) is 2.72. The van der Waals surface area contributed by atoms with Crippen molar-refractivity contribution < 1.29 is 4.79 Å². The van der Waals surface area contributed by atoms with Gasteiger partial charge < -0.3 is 4.98 Å². The molecule has 1 heterocycles. The van der Waals surface area contributed by atoms with E-state index in [1.54, 1.807) is 0 Å². The Morgan fingerprint density at radius 1 is 1.50 bits per heavy atom. The molecule has 0 aromatic carbocycles. The number of H-pyrrole nitrogens is 1. The molecule has 0 radical (unpaired) electrons. The molecule has 3 nitrogen and oxygen atoms in total. The van der Waals surface area contributed by atoms with Gasteiger partial charge in [0.1, 0.15) is 0 Å². The number of nitrogens with zero attached hydrogens (tertiary/aromatic N) is 1.